The zero-order chi connectivity index (χ0) is 23.5. The molecule has 6 nitrogen and oxygen atoms in total. The molecule has 0 radical (unpaired) electrons. The van der Waals surface area contributed by atoms with Gasteiger partial charge in [0.15, 0.2) is 6.61 Å². The Morgan fingerprint density at radius 3 is 2.03 bits per heavy atom. The van der Waals surface area contributed by atoms with Crippen molar-refractivity contribution in [3.05, 3.63) is 79.7 Å². The number of carbonyl (C=O) groups excluding carboxylic acids is 1. The minimum absolute atomic E-state index is 0.0204. The number of nitrogens with one attached hydrogen (secondary N) is 2. The molecule has 3 aromatic rings. The number of ether oxygens (including phenoxy) is 1. The first-order chi connectivity index (χ1) is 15.0. The van der Waals surface area contributed by atoms with Crippen LogP contribution in [0.4, 0.5) is 11.4 Å². The Hall–Kier alpha value is -1.87. The minimum atomic E-state index is -3.89. The van der Waals surface area contributed by atoms with E-state index in [1.54, 1.807) is 0 Å². The van der Waals surface area contributed by atoms with E-state index in [1.807, 2.05) is 0 Å². The highest BCUT2D eigenvalue weighted by atomic mass is 35.5. The third-order valence-electron chi connectivity index (χ3n) is 3.90. The molecule has 0 fully saturated rings. The van der Waals surface area contributed by atoms with Crippen LogP contribution in [0.25, 0.3) is 0 Å². The van der Waals surface area contributed by atoms with Crippen LogP contribution in [0.1, 0.15) is 0 Å². The van der Waals surface area contributed by atoms with E-state index in [4.69, 9.17) is 62.7 Å². The van der Waals surface area contributed by atoms with E-state index in [9.17, 15) is 13.2 Å². The van der Waals surface area contributed by atoms with Crippen LogP contribution in [0.2, 0.25) is 25.1 Å². The molecule has 0 saturated carbocycles. The molecule has 0 aliphatic rings. The fraction of sp³-hybridized carbons (Fsp3) is 0.0500. The molecule has 0 aliphatic carbocycles. The van der Waals surface area contributed by atoms with Crippen molar-refractivity contribution < 1.29 is 17.9 Å². The van der Waals surface area contributed by atoms with Gasteiger partial charge in [-0.1, -0.05) is 58.0 Å². The Kier molecular flexibility index (Phi) is 8.03. The first kappa shape index (κ1) is 24.8. The van der Waals surface area contributed by atoms with Crippen molar-refractivity contribution in [3.8, 4) is 5.75 Å². The molecule has 0 aliphatic heterocycles. The molecule has 0 bridgehead atoms. The quantitative estimate of drug-likeness (QED) is 0.316. The third kappa shape index (κ3) is 6.57. The number of benzene rings is 3. The van der Waals surface area contributed by atoms with E-state index in [0.717, 1.165) is 0 Å². The smallest absolute Gasteiger partial charge is 0.262 e. The molecule has 0 saturated heterocycles. The summed E-state index contributed by atoms with van der Waals surface area (Å²) in [6.07, 6.45) is 0. The van der Waals surface area contributed by atoms with Crippen molar-refractivity contribution in [1.29, 1.82) is 0 Å². The second kappa shape index (κ2) is 10.4. The van der Waals surface area contributed by atoms with E-state index in [1.165, 1.54) is 54.6 Å². The van der Waals surface area contributed by atoms with Crippen molar-refractivity contribution in [2.24, 2.45) is 0 Å². The molecule has 3 rings (SSSR count). The van der Waals surface area contributed by atoms with Crippen LogP contribution in [0.5, 0.6) is 5.75 Å². The van der Waals surface area contributed by atoms with Crippen molar-refractivity contribution in [1.82, 2.24) is 0 Å². The predicted molar refractivity (Wildman–Crippen MR) is 129 cm³/mol. The van der Waals surface area contributed by atoms with Crippen molar-refractivity contribution in [2.75, 3.05) is 16.6 Å². The van der Waals surface area contributed by atoms with Gasteiger partial charge in [0.2, 0.25) is 0 Å². The summed E-state index contributed by atoms with van der Waals surface area (Å²) < 4.78 is 32.9. The highest BCUT2D eigenvalue weighted by molar-refractivity contribution is 7.92. The van der Waals surface area contributed by atoms with Crippen LogP contribution in [-0.4, -0.2) is 20.9 Å². The predicted octanol–water partition coefficient (Wildman–Crippen LogP) is 6.77. The van der Waals surface area contributed by atoms with E-state index in [-0.39, 0.29) is 43.7 Å². The Labute approximate surface area is 209 Å². The average molecular weight is 555 g/mol. The van der Waals surface area contributed by atoms with E-state index < -0.39 is 15.9 Å². The van der Waals surface area contributed by atoms with Gasteiger partial charge >= 0.3 is 0 Å². The normalized spacial score (nSPS) is 11.2. The fourth-order valence-electron chi connectivity index (χ4n) is 2.50. The van der Waals surface area contributed by atoms with Crippen LogP contribution in [-0.2, 0) is 14.8 Å². The van der Waals surface area contributed by atoms with Gasteiger partial charge in [0.25, 0.3) is 15.9 Å². The first-order valence-corrected chi connectivity index (χ1v) is 12.1. The minimum Gasteiger partial charge on any atom is -0.484 e. The molecule has 0 unspecified atom stereocenters. The lowest BCUT2D eigenvalue weighted by atomic mass is 10.3. The van der Waals surface area contributed by atoms with Gasteiger partial charge in [-0.2, -0.15) is 0 Å². The number of carbonyl (C=O) groups is 1. The number of halogens is 5. The van der Waals surface area contributed by atoms with Crippen molar-refractivity contribution in [2.45, 2.75) is 4.90 Å². The lowest BCUT2D eigenvalue weighted by Gasteiger charge is -2.11. The summed E-state index contributed by atoms with van der Waals surface area (Å²) in [5.74, 6) is -0.216. The van der Waals surface area contributed by atoms with Gasteiger partial charge in [0, 0.05) is 10.0 Å². The maximum atomic E-state index is 12.6. The Morgan fingerprint density at radius 1 is 0.812 bits per heavy atom. The van der Waals surface area contributed by atoms with Crippen LogP contribution in [0.3, 0.4) is 0 Å². The monoisotopic (exact) mass is 552 g/mol. The van der Waals surface area contributed by atoms with E-state index in [0.29, 0.717) is 10.0 Å². The number of hydrogen-bond acceptors (Lipinski definition) is 4. The van der Waals surface area contributed by atoms with Gasteiger partial charge in [-0.25, -0.2) is 8.42 Å². The highest BCUT2D eigenvalue weighted by Crippen LogP contribution is 2.32. The summed E-state index contributed by atoms with van der Waals surface area (Å²) in [7, 11) is -3.89. The molecule has 168 valence electrons. The second-order valence-electron chi connectivity index (χ2n) is 6.32. The molecule has 32 heavy (non-hydrogen) atoms. The Bertz CT molecular complexity index is 1250. The summed E-state index contributed by atoms with van der Waals surface area (Å²) in [5, 5.41) is 3.85. The first-order valence-electron chi connectivity index (χ1n) is 8.70. The van der Waals surface area contributed by atoms with Gasteiger partial charge in [-0.3, -0.25) is 9.52 Å². The molecule has 0 atom stereocenters. The lowest BCUT2D eigenvalue weighted by Crippen LogP contribution is -2.20. The molecule has 0 spiro atoms. The molecule has 1 amide bonds. The van der Waals surface area contributed by atoms with Gasteiger partial charge in [0.1, 0.15) is 5.75 Å². The number of rotatable bonds is 7. The van der Waals surface area contributed by atoms with E-state index in [2.05, 4.69) is 10.0 Å². The third-order valence-corrected chi connectivity index (χ3v) is 6.77. The van der Waals surface area contributed by atoms with Crippen LogP contribution >= 0.6 is 58.0 Å². The molecule has 2 N–H and O–H groups in total. The zero-order valence-corrected chi connectivity index (χ0v) is 20.4. The number of sulfonamides is 1. The summed E-state index contributed by atoms with van der Waals surface area (Å²) in [6, 6.07) is 12.7. The zero-order valence-electron chi connectivity index (χ0n) is 15.8. The summed E-state index contributed by atoms with van der Waals surface area (Å²) in [4.78, 5) is 12.1. The maximum absolute atomic E-state index is 12.6. The molecule has 0 aromatic heterocycles. The van der Waals surface area contributed by atoms with Gasteiger partial charge in [-0.05, 0) is 54.6 Å². The second-order valence-corrected chi connectivity index (χ2v) is 10.1. The lowest BCUT2D eigenvalue weighted by molar-refractivity contribution is -0.118. The number of amides is 1. The van der Waals surface area contributed by atoms with E-state index >= 15 is 0 Å². The van der Waals surface area contributed by atoms with Crippen LogP contribution in [0, 0.1) is 0 Å². The van der Waals surface area contributed by atoms with Crippen molar-refractivity contribution >= 4 is 85.3 Å². The Morgan fingerprint density at radius 2 is 1.41 bits per heavy atom. The molecular weight excluding hydrogens is 542 g/mol. The Balaban J connectivity index is 1.61. The summed E-state index contributed by atoms with van der Waals surface area (Å²) in [6.45, 7) is -0.345. The van der Waals surface area contributed by atoms with Gasteiger partial charge in [-0.15, -0.1) is 0 Å². The molecule has 0 heterocycles. The highest BCUT2D eigenvalue weighted by Gasteiger charge is 2.15. The number of anilines is 2. The summed E-state index contributed by atoms with van der Waals surface area (Å²) >= 11 is 29.6. The molecule has 3 aromatic carbocycles. The fourth-order valence-corrected chi connectivity index (χ4v) is 4.66. The standard InChI is InChI=1S/C20H13Cl5N2O4S/c21-11-5-12(22)7-13(6-11)27-32(29,30)15-3-1-14(2-4-15)31-10-20(28)26-19-9-17(24)16(23)8-18(19)25/h1-9,27H,10H2,(H,26,28). The molecule has 12 heteroatoms. The van der Waals surface area contributed by atoms with Crippen LogP contribution in [0.15, 0.2) is 59.5 Å². The van der Waals surface area contributed by atoms with Gasteiger partial charge < -0.3 is 10.1 Å². The largest absolute Gasteiger partial charge is 0.484 e. The average Bonchev–Trinajstić information content (AvgIpc) is 2.69. The number of hydrogen-bond donors (Lipinski definition) is 2. The maximum Gasteiger partial charge on any atom is 0.262 e. The topological polar surface area (TPSA) is 84.5 Å². The van der Waals surface area contributed by atoms with Crippen LogP contribution < -0.4 is 14.8 Å². The summed E-state index contributed by atoms with van der Waals surface area (Å²) in [5.41, 5.74) is 0.503. The SMILES string of the molecule is O=C(COc1ccc(S(=O)(=O)Nc2cc(Cl)cc(Cl)c2)cc1)Nc1cc(Cl)c(Cl)cc1Cl. The van der Waals surface area contributed by atoms with Gasteiger partial charge in [0.05, 0.1) is 31.3 Å². The van der Waals surface area contributed by atoms with Crippen molar-refractivity contribution in [3.63, 3.8) is 0 Å². The molecular formula is C20H13Cl5N2O4S.